The van der Waals surface area contributed by atoms with Crippen LogP contribution in [-0.2, 0) is 9.53 Å². The number of rotatable bonds is 10. The maximum Gasteiger partial charge on any atom is 0.314 e. The van der Waals surface area contributed by atoms with E-state index in [1.807, 2.05) is 6.92 Å². The maximum absolute atomic E-state index is 11.4. The first-order chi connectivity index (χ1) is 9.13. The van der Waals surface area contributed by atoms with Crippen molar-refractivity contribution in [1.82, 2.24) is 10.6 Å². The van der Waals surface area contributed by atoms with Gasteiger partial charge in [-0.2, -0.15) is 0 Å². The fraction of sp³-hybridized carbons (Fsp3) is 0.846. The average Bonchev–Trinajstić information content (AvgIpc) is 3.17. The third-order valence-electron chi connectivity index (χ3n) is 3.08. The Hall–Kier alpha value is -1.30. The summed E-state index contributed by atoms with van der Waals surface area (Å²) in [4.78, 5) is 22.3. The van der Waals surface area contributed by atoms with Crippen molar-refractivity contribution >= 4 is 12.0 Å². The highest BCUT2D eigenvalue weighted by Gasteiger charge is 2.21. The standard InChI is InChI=1S/C13H24N2O4/c1-2-3-11(12(16)17)8-15-13(18)14-6-7-19-9-10-4-5-10/h10-11H,2-9H2,1H3,(H,16,17)(H2,14,15,18). The Kier molecular flexibility index (Phi) is 7.25. The molecule has 1 unspecified atom stereocenters. The molecule has 0 spiro atoms. The predicted octanol–water partition coefficient (Wildman–Crippen LogP) is 1.21. The third kappa shape index (κ3) is 7.66. The van der Waals surface area contributed by atoms with Gasteiger partial charge in [0.15, 0.2) is 0 Å². The second-order valence-electron chi connectivity index (χ2n) is 4.98. The lowest BCUT2D eigenvalue weighted by molar-refractivity contribution is -0.141. The summed E-state index contributed by atoms with van der Waals surface area (Å²) in [6, 6.07) is -0.336. The number of carboxylic acid groups (broad SMARTS) is 1. The monoisotopic (exact) mass is 272 g/mol. The molecule has 0 radical (unpaired) electrons. The van der Waals surface area contributed by atoms with E-state index < -0.39 is 11.9 Å². The summed E-state index contributed by atoms with van der Waals surface area (Å²) in [6.07, 6.45) is 3.86. The van der Waals surface area contributed by atoms with Gasteiger partial charge in [-0.05, 0) is 25.2 Å². The molecule has 1 saturated carbocycles. The molecule has 1 fully saturated rings. The first-order valence-electron chi connectivity index (χ1n) is 6.95. The summed E-state index contributed by atoms with van der Waals surface area (Å²) in [5, 5.41) is 14.1. The Morgan fingerprint density at radius 2 is 2.11 bits per heavy atom. The zero-order chi connectivity index (χ0) is 14.1. The zero-order valence-electron chi connectivity index (χ0n) is 11.5. The van der Waals surface area contributed by atoms with Gasteiger partial charge in [-0.25, -0.2) is 4.79 Å². The van der Waals surface area contributed by atoms with E-state index in [1.54, 1.807) is 0 Å². The van der Waals surface area contributed by atoms with Gasteiger partial charge >= 0.3 is 12.0 Å². The van der Waals surface area contributed by atoms with E-state index in [1.165, 1.54) is 12.8 Å². The van der Waals surface area contributed by atoms with Gasteiger partial charge in [-0.3, -0.25) is 4.79 Å². The summed E-state index contributed by atoms with van der Waals surface area (Å²) in [7, 11) is 0. The number of carboxylic acids is 1. The fourth-order valence-corrected chi connectivity index (χ4v) is 1.71. The number of amides is 2. The summed E-state index contributed by atoms with van der Waals surface area (Å²) >= 11 is 0. The molecule has 0 saturated heterocycles. The molecule has 0 aromatic carbocycles. The van der Waals surface area contributed by atoms with Crippen LogP contribution in [0, 0.1) is 11.8 Å². The molecule has 110 valence electrons. The van der Waals surface area contributed by atoms with E-state index in [2.05, 4.69) is 10.6 Å². The van der Waals surface area contributed by atoms with Crippen molar-refractivity contribution in [1.29, 1.82) is 0 Å². The molecule has 0 aliphatic heterocycles. The molecule has 1 aliphatic carbocycles. The van der Waals surface area contributed by atoms with Crippen LogP contribution in [0.1, 0.15) is 32.6 Å². The van der Waals surface area contributed by atoms with Gasteiger partial charge in [0.05, 0.1) is 12.5 Å². The lowest BCUT2D eigenvalue weighted by atomic mass is 10.0. The SMILES string of the molecule is CCCC(CNC(=O)NCCOCC1CC1)C(=O)O. The van der Waals surface area contributed by atoms with E-state index in [0.29, 0.717) is 19.6 Å². The Morgan fingerprint density at radius 3 is 2.68 bits per heavy atom. The minimum atomic E-state index is -0.866. The van der Waals surface area contributed by atoms with Crippen molar-refractivity contribution in [3.8, 4) is 0 Å². The van der Waals surface area contributed by atoms with Crippen LogP contribution in [0.5, 0.6) is 0 Å². The maximum atomic E-state index is 11.4. The topological polar surface area (TPSA) is 87.7 Å². The number of carbonyl (C=O) groups excluding carboxylic acids is 1. The van der Waals surface area contributed by atoms with E-state index in [9.17, 15) is 9.59 Å². The summed E-state index contributed by atoms with van der Waals surface area (Å²) in [6.45, 7) is 3.82. The van der Waals surface area contributed by atoms with Crippen LogP contribution in [-0.4, -0.2) is 43.4 Å². The van der Waals surface area contributed by atoms with Crippen molar-refractivity contribution < 1.29 is 19.4 Å². The molecule has 0 heterocycles. The number of hydrogen-bond donors (Lipinski definition) is 3. The van der Waals surface area contributed by atoms with Crippen LogP contribution in [0.4, 0.5) is 4.79 Å². The molecule has 2 amide bonds. The average molecular weight is 272 g/mol. The Morgan fingerprint density at radius 1 is 1.37 bits per heavy atom. The van der Waals surface area contributed by atoms with Crippen LogP contribution in [0.2, 0.25) is 0 Å². The van der Waals surface area contributed by atoms with Crippen molar-refractivity contribution in [2.75, 3.05) is 26.3 Å². The van der Waals surface area contributed by atoms with Crippen molar-refractivity contribution in [3.63, 3.8) is 0 Å². The van der Waals surface area contributed by atoms with Gasteiger partial charge in [-0.1, -0.05) is 13.3 Å². The molecule has 0 bridgehead atoms. The first kappa shape index (κ1) is 15.8. The van der Waals surface area contributed by atoms with Crippen LogP contribution in [0.25, 0.3) is 0 Å². The van der Waals surface area contributed by atoms with Crippen LogP contribution < -0.4 is 10.6 Å². The van der Waals surface area contributed by atoms with Crippen molar-refractivity contribution in [3.05, 3.63) is 0 Å². The quantitative estimate of drug-likeness (QED) is 0.522. The van der Waals surface area contributed by atoms with Gasteiger partial charge in [-0.15, -0.1) is 0 Å². The largest absolute Gasteiger partial charge is 0.481 e. The van der Waals surface area contributed by atoms with Crippen molar-refractivity contribution in [2.24, 2.45) is 11.8 Å². The van der Waals surface area contributed by atoms with Gasteiger partial charge in [0.1, 0.15) is 0 Å². The molecule has 1 aliphatic rings. The number of urea groups is 1. The normalized spacial score (nSPS) is 15.8. The number of hydrogen-bond acceptors (Lipinski definition) is 3. The van der Waals surface area contributed by atoms with E-state index >= 15 is 0 Å². The minimum absolute atomic E-state index is 0.165. The van der Waals surface area contributed by atoms with Gasteiger partial charge < -0.3 is 20.5 Å². The molecule has 19 heavy (non-hydrogen) atoms. The first-order valence-corrected chi connectivity index (χ1v) is 6.95. The summed E-state index contributed by atoms with van der Waals surface area (Å²) < 4.78 is 5.37. The Labute approximate surface area is 113 Å². The number of aliphatic carboxylic acids is 1. The molecule has 1 atom stereocenters. The van der Waals surface area contributed by atoms with Gasteiger partial charge in [0, 0.05) is 19.7 Å². The number of carbonyl (C=O) groups is 2. The Bertz CT molecular complexity index is 292. The van der Waals surface area contributed by atoms with E-state index in [0.717, 1.165) is 18.9 Å². The summed E-state index contributed by atoms with van der Waals surface area (Å²) in [5.74, 6) is -0.657. The van der Waals surface area contributed by atoms with Gasteiger partial charge in [0.25, 0.3) is 0 Å². The molecular weight excluding hydrogens is 248 g/mol. The highest BCUT2D eigenvalue weighted by molar-refractivity contribution is 5.75. The lowest BCUT2D eigenvalue weighted by Gasteiger charge is -2.13. The van der Waals surface area contributed by atoms with Crippen LogP contribution >= 0.6 is 0 Å². The van der Waals surface area contributed by atoms with Gasteiger partial charge in [0.2, 0.25) is 0 Å². The molecule has 6 nitrogen and oxygen atoms in total. The predicted molar refractivity (Wildman–Crippen MR) is 71.0 cm³/mol. The number of nitrogens with one attached hydrogen (secondary N) is 2. The minimum Gasteiger partial charge on any atom is -0.481 e. The second-order valence-corrected chi connectivity index (χ2v) is 4.98. The Balaban J connectivity index is 2.00. The second kappa shape index (κ2) is 8.74. The van der Waals surface area contributed by atoms with Crippen LogP contribution in [0.3, 0.4) is 0 Å². The fourth-order valence-electron chi connectivity index (χ4n) is 1.71. The highest BCUT2D eigenvalue weighted by atomic mass is 16.5. The summed E-state index contributed by atoms with van der Waals surface area (Å²) in [5.41, 5.74) is 0. The molecule has 0 aromatic rings. The van der Waals surface area contributed by atoms with E-state index in [-0.39, 0.29) is 12.6 Å². The third-order valence-corrected chi connectivity index (χ3v) is 3.08. The highest BCUT2D eigenvalue weighted by Crippen LogP contribution is 2.28. The molecule has 6 heteroatoms. The van der Waals surface area contributed by atoms with Crippen molar-refractivity contribution in [2.45, 2.75) is 32.6 Å². The smallest absolute Gasteiger partial charge is 0.314 e. The molecule has 0 aromatic heterocycles. The molecule has 1 rings (SSSR count). The molecule has 3 N–H and O–H groups in total. The zero-order valence-corrected chi connectivity index (χ0v) is 11.5. The van der Waals surface area contributed by atoms with E-state index in [4.69, 9.17) is 9.84 Å². The lowest BCUT2D eigenvalue weighted by Crippen LogP contribution is -2.41. The number of ether oxygens (including phenoxy) is 1. The molecular formula is C13H24N2O4. The van der Waals surface area contributed by atoms with Crippen LogP contribution in [0.15, 0.2) is 0 Å².